The number of hydrogen-bond donors (Lipinski definition) is 3. The van der Waals surface area contributed by atoms with Crippen molar-refractivity contribution in [1.29, 1.82) is 0 Å². The molecule has 0 radical (unpaired) electrons. The summed E-state index contributed by atoms with van der Waals surface area (Å²) in [4.78, 5) is 54.4. The van der Waals surface area contributed by atoms with Gasteiger partial charge in [0.1, 0.15) is 0 Å². The van der Waals surface area contributed by atoms with Crippen LogP contribution >= 0.6 is 0 Å². The Labute approximate surface area is 210 Å². The van der Waals surface area contributed by atoms with Crippen LogP contribution in [0.5, 0.6) is 0 Å². The van der Waals surface area contributed by atoms with Gasteiger partial charge in [-0.2, -0.15) is 0 Å². The lowest BCUT2D eigenvalue weighted by Gasteiger charge is -2.32. The highest BCUT2D eigenvalue weighted by Gasteiger charge is 2.45. The number of carbonyl (C=O) groups is 4. The monoisotopic (exact) mass is 494 g/mol. The molecule has 3 unspecified atom stereocenters. The van der Waals surface area contributed by atoms with E-state index >= 15 is 0 Å². The highest BCUT2D eigenvalue weighted by atomic mass is 16.3. The van der Waals surface area contributed by atoms with Crippen molar-refractivity contribution in [2.24, 2.45) is 10.8 Å². The van der Waals surface area contributed by atoms with Crippen LogP contribution < -0.4 is 10.6 Å². The third-order valence-electron chi connectivity index (χ3n) is 7.84. The SMILES string of the molecule is CCC(C)(C)CCNC(=O)CNC(=O)N1CC(O)CC1C(=O)C1CCCN1C(=O)CC(C)(C)CC. The van der Waals surface area contributed by atoms with E-state index in [9.17, 15) is 24.3 Å². The number of ketones is 1. The molecule has 0 spiro atoms. The van der Waals surface area contributed by atoms with E-state index in [4.69, 9.17) is 0 Å². The molecule has 2 fully saturated rings. The van der Waals surface area contributed by atoms with Crippen LogP contribution in [0.15, 0.2) is 0 Å². The van der Waals surface area contributed by atoms with Crippen LogP contribution in [0, 0.1) is 10.8 Å². The normalized spacial score (nSPS) is 22.9. The molecule has 4 amide bonds. The second kappa shape index (κ2) is 12.2. The maximum atomic E-state index is 13.5. The quantitative estimate of drug-likeness (QED) is 0.408. The summed E-state index contributed by atoms with van der Waals surface area (Å²) in [5.41, 5.74) is -0.00674. The minimum absolute atomic E-state index is 0.0259. The molecule has 0 aromatic carbocycles. The molecule has 0 aromatic heterocycles. The second-order valence-corrected chi connectivity index (χ2v) is 11.7. The fourth-order valence-electron chi connectivity index (χ4n) is 4.56. The zero-order valence-corrected chi connectivity index (χ0v) is 22.5. The van der Waals surface area contributed by atoms with Gasteiger partial charge in [-0.15, -0.1) is 0 Å². The number of aliphatic hydroxyl groups is 1. The number of Topliss-reactive ketones (excluding diaryl/α,β-unsaturated/α-hetero) is 1. The van der Waals surface area contributed by atoms with Gasteiger partial charge in [-0.3, -0.25) is 14.4 Å². The molecular weight excluding hydrogens is 448 g/mol. The molecule has 35 heavy (non-hydrogen) atoms. The van der Waals surface area contributed by atoms with Crippen LogP contribution in [-0.4, -0.2) is 82.9 Å². The van der Waals surface area contributed by atoms with E-state index in [2.05, 4.69) is 31.4 Å². The van der Waals surface area contributed by atoms with Gasteiger partial charge in [-0.25, -0.2) is 4.79 Å². The summed E-state index contributed by atoms with van der Waals surface area (Å²) in [5.74, 6) is -0.535. The molecule has 9 nitrogen and oxygen atoms in total. The van der Waals surface area contributed by atoms with Gasteiger partial charge in [-0.1, -0.05) is 54.4 Å². The number of hydrogen-bond acceptors (Lipinski definition) is 5. The van der Waals surface area contributed by atoms with Gasteiger partial charge in [0.15, 0.2) is 5.78 Å². The maximum Gasteiger partial charge on any atom is 0.318 e. The van der Waals surface area contributed by atoms with Crippen molar-refractivity contribution >= 4 is 23.6 Å². The van der Waals surface area contributed by atoms with Crippen LogP contribution in [-0.2, 0) is 14.4 Å². The Morgan fingerprint density at radius 3 is 2.23 bits per heavy atom. The molecular formula is C26H46N4O5. The summed E-state index contributed by atoms with van der Waals surface area (Å²) in [7, 11) is 0. The summed E-state index contributed by atoms with van der Waals surface area (Å²) in [6.07, 6.45) is 3.71. The van der Waals surface area contributed by atoms with Crippen molar-refractivity contribution in [3.63, 3.8) is 0 Å². The average molecular weight is 495 g/mol. The number of amides is 4. The first-order chi connectivity index (χ1) is 16.3. The van der Waals surface area contributed by atoms with E-state index in [-0.39, 0.29) is 47.9 Å². The van der Waals surface area contributed by atoms with Crippen LogP contribution in [0.3, 0.4) is 0 Å². The van der Waals surface area contributed by atoms with Gasteiger partial charge in [0.25, 0.3) is 0 Å². The third kappa shape index (κ3) is 8.19. The van der Waals surface area contributed by atoms with Crippen molar-refractivity contribution in [3.05, 3.63) is 0 Å². The van der Waals surface area contributed by atoms with Crippen LogP contribution in [0.25, 0.3) is 0 Å². The van der Waals surface area contributed by atoms with E-state index in [1.54, 1.807) is 4.90 Å². The number of rotatable bonds is 11. The van der Waals surface area contributed by atoms with Gasteiger partial charge in [-0.05, 0) is 30.1 Å². The fraction of sp³-hybridized carbons (Fsp3) is 0.846. The number of nitrogens with zero attached hydrogens (tertiary/aromatic N) is 2. The summed E-state index contributed by atoms with van der Waals surface area (Å²) < 4.78 is 0. The topological polar surface area (TPSA) is 119 Å². The number of urea groups is 1. The van der Waals surface area contributed by atoms with Crippen LogP contribution in [0.1, 0.15) is 86.5 Å². The highest BCUT2D eigenvalue weighted by Crippen LogP contribution is 2.30. The predicted molar refractivity (Wildman–Crippen MR) is 135 cm³/mol. The minimum Gasteiger partial charge on any atom is -0.391 e. The molecule has 0 aromatic rings. The molecule has 3 atom stereocenters. The number of nitrogens with one attached hydrogen (secondary N) is 2. The molecule has 2 saturated heterocycles. The molecule has 9 heteroatoms. The van der Waals surface area contributed by atoms with Crippen molar-refractivity contribution in [2.45, 2.75) is 105 Å². The Balaban J connectivity index is 1.95. The minimum atomic E-state index is -0.815. The first-order valence-corrected chi connectivity index (χ1v) is 13.1. The molecule has 2 aliphatic heterocycles. The Kier molecular flexibility index (Phi) is 10.1. The lowest BCUT2D eigenvalue weighted by atomic mass is 9.86. The zero-order valence-electron chi connectivity index (χ0n) is 22.5. The first kappa shape index (κ1) is 29.1. The van der Waals surface area contributed by atoms with Gasteiger partial charge in [0.05, 0.1) is 24.7 Å². The summed E-state index contributed by atoms with van der Waals surface area (Å²) in [6.45, 7) is 13.4. The summed E-state index contributed by atoms with van der Waals surface area (Å²) in [6, 6.07) is -1.94. The van der Waals surface area contributed by atoms with Gasteiger partial charge in [0, 0.05) is 32.5 Å². The lowest BCUT2D eigenvalue weighted by molar-refractivity contribution is -0.140. The van der Waals surface area contributed by atoms with Crippen molar-refractivity contribution < 1.29 is 24.3 Å². The van der Waals surface area contributed by atoms with Crippen molar-refractivity contribution in [3.8, 4) is 0 Å². The largest absolute Gasteiger partial charge is 0.391 e. The summed E-state index contributed by atoms with van der Waals surface area (Å²) in [5, 5.41) is 15.6. The van der Waals surface area contributed by atoms with E-state index in [1.807, 2.05) is 20.8 Å². The molecule has 200 valence electrons. The Morgan fingerprint density at radius 2 is 1.60 bits per heavy atom. The Bertz CT molecular complexity index is 782. The standard InChI is InChI=1S/C26H46N4O5/c1-7-25(3,4)11-12-27-21(32)16-28-24(35)30-17-18(31)14-20(30)23(34)19-10-9-13-29(19)22(33)15-26(5,6)8-2/h18-20,31H,7-17H2,1-6H3,(H,27,32)(H,28,35). The highest BCUT2D eigenvalue weighted by molar-refractivity contribution is 5.96. The smallest absolute Gasteiger partial charge is 0.318 e. The van der Waals surface area contributed by atoms with Crippen LogP contribution in [0.4, 0.5) is 4.79 Å². The van der Waals surface area contributed by atoms with E-state index in [0.29, 0.717) is 25.9 Å². The second-order valence-electron chi connectivity index (χ2n) is 11.7. The molecule has 0 saturated carbocycles. The number of likely N-dealkylation sites (tertiary alicyclic amines) is 2. The van der Waals surface area contributed by atoms with Gasteiger partial charge >= 0.3 is 6.03 Å². The number of carbonyl (C=O) groups excluding carboxylic acids is 4. The predicted octanol–water partition coefficient (Wildman–Crippen LogP) is 2.46. The molecule has 0 bridgehead atoms. The van der Waals surface area contributed by atoms with E-state index in [0.717, 1.165) is 25.7 Å². The molecule has 2 heterocycles. The zero-order chi connectivity index (χ0) is 26.4. The van der Waals surface area contributed by atoms with Crippen molar-refractivity contribution in [1.82, 2.24) is 20.4 Å². The van der Waals surface area contributed by atoms with E-state index < -0.39 is 24.2 Å². The van der Waals surface area contributed by atoms with Crippen molar-refractivity contribution in [2.75, 3.05) is 26.2 Å². The first-order valence-electron chi connectivity index (χ1n) is 13.1. The maximum absolute atomic E-state index is 13.5. The van der Waals surface area contributed by atoms with E-state index in [1.165, 1.54) is 4.90 Å². The molecule has 0 aliphatic carbocycles. The Morgan fingerprint density at radius 1 is 0.943 bits per heavy atom. The Hall–Kier alpha value is -2.16. The van der Waals surface area contributed by atoms with Gasteiger partial charge < -0.3 is 25.5 Å². The average Bonchev–Trinajstić information content (AvgIpc) is 3.43. The van der Waals surface area contributed by atoms with Gasteiger partial charge in [0.2, 0.25) is 11.8 Å². The number of β-amino-alcohol motifs (C(OH)–C–C–N with tert-alkyl or cyclic N) is 1. The summed E-state index contributed by atoms with van der Waals surface area (Å²) >= 11 is 0. The van der Waals surface area contributed by atoms with Crippen LogP contribution in [0.2, 0.25) is 0 Å². The number of aliphatic hydroxyl groups excluding tert-OH is 1. The molecule has 2 aliphatic rings. The fourth-order valence-corrected chi connectivity index (χ4v) is 4.56. The molecule has 3 N–H and O–H groups in total. The lowest BCUT2D eigenvalue weighted by Crippen LogP contribution is -2.53. The molecule has 2 rings (SSSR count). The third-order valence-corrected chi connectivity index (χ3v) is 7.84.